The van der Waals surface area contributed by atoms with Gasteiger partial charge < -0.3 is 14.8 Å². The lowest BCUT2D eigenvalue weighted by Crippen LogP contribution is -2.33. The summed E-state index contributed by atoms with van der Waals surface area (Å²) in [4.78, 5) is 27.7. The molecule has 2 heterocycles. The van der Waals surface area contributed by atoms with E-state index in [-0.39, 0.29) is 0 Å². The zero-order valence-electron chi connectivity index (χ0n) is 14.7. The number of aromatic nitrogens is 3. The molecule has 9 heteroatoms. The zero-order chi connectivity index (χ0) is 18.4. The van der Waals surface area contributed by atoms with E-state index < -0.39 is 17.7 Å². The van der Waals surface area contributed by atoms with Crippen LogP contribution in [-0.2, 0) is 16.0 Å². The van der Waals surface area contributed by atoms with E-state index in [1.54, 1.807) is 10.9 Å². The number of carbonyl (C=O) groups is 2. The molecule has 136 valence electrons. The summed E-state index contributed by atoms with van der Waals surface area (Å²) in [5, 5.41) is 7.68. The van der Waals surface area contributed by atoms with E-state index in [4.69, 9.17) is 4.74 Å². The smallest absolute Gasteiger partial charge is 0.407 e. The van der Waals surface area contributed by atoms with Crippen molar-refractivity contribution in [1.29, 1.82) is 0 Å². The lowest BCUT2D eigenvalue weighted by molar-refractivity contribution is 0.0525. The van der Waals surface area contributed by atoms with Gasteiger partial charge in [0.2, 0.25) is 0 Å². The van der Waals surface area contributed by atoms with Crippen molar-refractivity contribution in [1.82, 2.24) is 20.1 Å². The number of hydrogen-bond acceptors (Lipinski definition) is 7. The summed E-state index contributed by atoms with van der Waals surface area (Å²) in [5.41, 5.74) is 0.331. The van der Waals surface area contributed by atoms with Gasteiger partial charge in [-0.25, -0.2) is 14.6 Å². The lowest BCUT2D eigenvalue weighted by atomic mass is 10.2. The van der Waals surface area contributed by atoms with Crippen LogP contribution >= 0.6 is 11.3 Å². The summed E-state index contributed by atoms with van der Waals surface area (Å²) in [6.45, 7) is 6.60. The van der Waals surface area contributed by atoms with Gasteiger partial charge in [0.25, 0.3) is 0 Å². The average Bonchev–Trinajstić information content (AvgIpc) is 3.18. The number of esters is 1. The number of carbonyl (C=O) groups excluding carboxylic acids is 2. The van der Waals surface area contributed by atoms with Gasteiger partial charge in [0, 0.05) is 24.8 Å². The summed E-state index contributed by atoms with van der Waals surface area (Å²) in [7, 11) is 1.34. The summed E-state index contributed by atoms with van der Waals surface area (Å²) in [6, 6.07) is 0. The van der Waals surface area contributed by atoms with Crippen molar-refractivity contribution < 1.29 is 19.1 Å². The van der Waals surface area contributed by atoms with E-state index in [2.05, 4.69) is 20.1 Å². The van der Waals surface area contributed by atoms with Crippen LogP contribution < -0.4 is 5.32 Å². The number of thiazole rings is 1. The normalized spacial score (nSPS) is 11.2. The van der Waals surface area contributed by atoms with Crippen LogP contribution in [0.1, 0.15) is 36.9 Å². The second-order valence-corrected chi connectivity index (χ2v) is 7.33. The van der Waals surface area contributed by atoms with Crippen molar-refractivity contribution in [3.63, 3.8) is 0 Å². The molecule has 1 N–H and O–H groups in total. The fraction of sp³-hybridized carbons (Fsp3) is 0.500. The van der Waals surface area contributed by atoms with E-state index in [0.717, 1.165) is 5.56 Å². The minimum atomic E-state index is -0.502. The van der Waals surface area contributed by atoms with Crippen LogP contribution in [0.15, 0.2) is 18.6 Å². The number of methoxy groups -OCH3 is 1. The van der Waals surface area contributed by atoms with Gasteiger partial charge in [-0.1, -0.05) is 0 Å². The standard InChI is InChI=1S/C16H22N4O4S/c1-16(2,3)24-15(22)17-6-5-7-20-10-11(8-19-20)13-18-9-12(25-13)14(21)23-4/h8-10H,5-7H2,1-4H3,(H,17,22). The zero-order valence-corrected chi connectivity index (χ0v) is 15.6. The molecule has 1 amide bonds. The molecule has 25 heavy (non-hydrogen) atoms. The molecule has 2 aromatic heterocycles. The SMILES string of the molecule is COC(=O)c1cnc(-c2cnn(CCCNC(=O)OC(C)(C)C)c2)s1. The minimum Gasteiger partial charge on any atom is -0.465 e. The molecule has 8 nitrogen and oxygen atoms in total. The Bertz CT molecular complexity index is 733. The predicted octanol–water partition coefficient (Wildman–Crippen LogP) is 2.71. The molecule has 0 aliphatic carbocycles. The number of hydrogen-bond donors (Lipinski definition) is 1. The third kappa shape index (κ3) is 5.86. The molecule has 2 aromatic rings. The molecule has 0 aliphatic rings. The Balaban J connectivity index is 1.81. The Morgan fingerprint density at radius 3 is 2.76 bits per heavy atom. The Morgan fingerprint density at radius 2 is 2.08 bits per heavy atom. The first-order chi connectivity index (χ1) is 11.8. The topological polar surface area (TPSA) is 95.3 Å². The monoisotopic (exact) mass is 366 g/mol. The highest BCUT2D eigenvalue weighted by atomic mass is 32.1. The fourth-order valence-corrected chi connectivity index (χ4v) is 2.75. The number of aryl methyl sites for hydroxylation is 1. The van der Waals surface area contributed by atoms with Gasteiger partial charge in [-0.2, -0.15) is 5.10 Å². The highest BCUT2D eigenvalue weighted by molar-refractivity contribution is 7.16. The summed E-state index contributed by atoms with van der Waals surface area (Å²) in [6.07, 6.45) is 5.33. The highest BCUT2D eigenvalue weighted by Gasteiger charge is 2.15. The van der Waals surface area contributed by atoms with Gasteiger partial charge >= 0.3 is 12.1 Å². The third-order valence-electron chi connectivity index (χ3n) is 3.00. The molecule has 0 aromatic carbocycles. The molecular formula is C16H22N4O4S. The predicted molar refractivity (Wildman–Crippen MR) is 93.5 cm³/mol. The number of nitrogens with one attached hydrogen (secondary N) is 1. The molecule has 0 radical (unpaired) electrons. The molecule has 0 fully saturated rings. The number of ether oxygens (including phenoxy) is 2. The maximum Gasteiger partial charge on any atom is 0.407 e. The maximum absolute atomic E-state index is 11.5. The van der Waals surface area contributed by atoms with Crippen LogP contribution in [0.4, 0.5) is 4.79 Å². The molecule has 2 rings (SSSR count). The first-order valence-corrected chi connectivity index (χ1v) is 8.64. The molecule has 0 saturated heterocycles. The Morgan fingerprint density at radius 1 is 1.32 bits per heavy atom. The van der Waals surface area contributed by atoms with Crippen LogP contribution in [0.3, 0.4) is 0 Å². The van der Waals surface area contributed by atoms with Crippen LogP contribution in [0, 0.1) is 0 Å². The average molecular weight is 366 g/mol. The highest BCUT2D eigenvalue weighted by Crippen LogP contribution is 2.25. The van der Waals surface area contributed by atoms with Crippen LogP contribution in [0.2, 0.25) is 0 Å². The number of alkyl carbamates (subject to hydrolysis) is 1. The van der Waals surface area contributed by atoms with Gasteiger partial charge in [0.1, 0.15) is 15.5 Å². The molecule has 0 saturated carbocycles. The van der Waals surface area contributed by atoms with E-state index in [9.17, 15) is 9.59 Å². The Kier molecular flexibility index (Phi) is 6.13. The van der Waals surface area contributed by atoms with Gasteiger partial charge in [-0.3, -0.25) is 4.68 Å². The second kappa shape index (κ2) is 8.11. The first kappa shape index (κ1) is 18.9. The quantitative estimate of drug-likeness (QED) is 0.624. The van der Waals surface area contributed by atoms with Crippen molar-refractivity contribution in [3.05, 3.63) is 23.5 Å². The molecule has 0 unspecified atom stereocenters. The van der Waals surface area contributed by atoms with Crippen LogP contribution in [0.5, 0.6) is 0 Å². The third-order valence-corrected chi connectivity index (χ3v) is 4.03. The summed E-state index contributed by atoms with van der Waals surface area (Å²) in [5.74, 6) is -0.399. The van der Waals surface area contributed by atoms with Crippen molar-refractivity contribution in [2.45, 2.75) is 39.3 Å². The molecule has 0 bridgehead atoms. The minimum absolute atomic E-state index is 0.399. The van der Waals surface area contributed by atoms with E-state index in [1.807, 2.05) is 27.0 Å². The van der Waals surface area contributed by atoms with Crippen molar-refractivity contribution >= 4 is 23.4 Å². The molecule has 0 aliphatic heterocycles. The Hall–Kier alpha value is -2.42. The summed E-state index contributed by atoms with van der Waals surface area (Å²) >= 11 is 1.26. The maximum atomic E-state index is 11.5. The fourth-order valence-electron chi connectivity index (χ4n) is 1.94. The number of rotatable bonds is 6. The first-order valence-electron chi connectivity index (χ1n) is 7.82. The van der Waals surface area contributed by atoms with Crippen molar-refractivity contribution in [2.24, 2.45) is 0 Å². The lowest BCUT2D eigenvalue weighted by Gasteiger charge is -2.19. The molecule has 0 spiro atoms. The molecule has 0 atom stereocenters. The molecular weight excluding hydrogens is 344 g/mol. The Labute approximate surface area is 150 Å². The summed E-state index contributed by atoms with van der Waals surface area (Å²) < 4.78 is 11.6. The largest absolute Gasteiger partial charge is 0.465 e. The number of nitrogens with zero attached hydrogens (tertiary/aromatic N) is 3. The van der Waals surface area contributed by atoms with Gasteiger partial charge in [0.05, 0.1) is 19.5 Å². The van der Waals surface area contributed by atoms with Crippen molar-refractivity contribution in [3.8, 4) is 10.6 Å². The van der Waals surface area contributed by atoms with Crippen LogP contribution in [-0.4, -0.2) is 46.1 Å². The van der Waals surface area contributed by atoms with E-state index in [1.165, 1.54) is 24.6 Å². The van der Waals surface area contributed by atoms with E-state index >= 15 is 0 Å². The second-order valence-electron chi connectivity index (χ2n) is 6.30. The van der Waals surface area contributed by atoms with Gasteiger partial charge in [-0.15, -0.1) is 11.3 Å². The van der Waals surface area contributed by atoms with Gasteiger partial charge in [-0.05, 0) is 27.2 Å². The van der Waals surface area contributed by atoms with Crippen LogP contribution in [0.25, 0.3) is 10.6 Å². The number of amides is 1. The van der Waals surface area contributed by atoms with Crippen molar-refractivity contribution in [2.75, 3.05) is 13.7 Å². The van der Waals surface area contributed by atoms with E-state index in [0.29, 0.717) is 29.4 Å². The van der Waals surface area contributed by atoms with Gasteiger partial charge in [0.15, 0.2) is 0 Å².